The first-order valence-electron chi connectivity index (χ1n) is 5.88. The maximum atomic E-state index is 10.8. The number of carboxylic acids is 1. The predicted octanol–water partition coefficient (Wildman–Crippen LogP) is 2.09. The van der Waals surface area contributed by atoms with E-state index in [0.29, 0.717) is 18.3 Å². The van der Waals surface area contributed by atoms with Gasteiger partial charge in [-0.3, -0.25) is 9.69 Å². The second-order valence-electron chi connectivity index (χ2n) is 4.37. The molecule has 0 aromatic carbocycles. The van der Waals surface area contributed by atoms with E-state index >= 15 is 0 Å². The third kappa shape index (κ3) is 3.62. The van der Waals surface area contributed by atoms with E-state index < -0.39 is 5.97 Å². The van der Waals surface area contributed by atoms with Crippen LogP contribution in [0.1, 0.15) is 19.7 Å². The molecule has 2 rings (SSSR count). The molecule has 0 bridgehead atoms. The van der Waals surface area contributed by atoms with Crippen LogP contribution in [-0.2, 0) is 11.3 Å². The minimum absolute atomic E-state index is 0.0472. The van der Waals surface area contributed by atoms with E-state index in [2.05, 4.69) is 10.2 Å². The Morgan fingerprint density at radius 1 is 1.53 bits per heavy atom. The third-order valence-electron chi connectivity index (χ3n) is 2.61. The fraction of sp³-hybridized carbons (Fsp3) is 0.417. The summed E-state index contributed by atoms with van der Waals surface area (Å²) < 4.78 is 5.54. The zero-order valence-corrected chi connectivity index (χ0v) is 11.6. The number of hydrogen-bond acceptors (Lipinski definition) is 6. The molecule has 0 aliphatic carbocycles. The van der Waals surface area contributed by atoms with Gasteiger partial charge in [0.2, 0.25) is 5.89 Å². The summed E-state index contributed by atoms with van der Waals surface area (Å²) in [6.45, 7) is 4.15. The summed E-state index contributed by atoms with van der Waals surface area (Å²) in [6.07, 6.45) is 0. The number of rotatable bonds is 6. The molecule has 6 nitrogen and oxygen atoms in total. The normalized spacial score (nSPS) is 11.4. The Morgan fingerprint density at radius 3 is 2.89 bits per heavy atom. The molecule has 0 saturated carbocycles. The molecule has 102 valence electrons. The number of aromatic nitrogens is 2. The molecule has 0 saturated heterocycles. The maximum absolute atomic E-state index is 10.8. The fourth-order valence-electron chi connectivity index (χ4n) is 1.59. The maximum Gasteiger partial charge on any atom is 0.317 e. The summed E-state index contributed by atoms with van der Waals surface area (Å²) in [5.41, 5.74) is 0. The van der Waals surface area contributed by atoms with Gasteiger partial charge in [-0.15, -0.1) is 21.5 Å². The van der Waals surface area contributed by atoms with Gasteiger partial charge in [-0.1, -0.05) is 6.07 Å². The van der Waals surface area contributed by atoms with Crippen LogP contribution >= 0.6 is 11.3 Å². The van der Waals surface area contributed by atoms with Crippen molar-refractivity contribution < 1.29 is 14.3 Å². The van der Waals surface area contributed by atoms with Crippen LogP contribution in [0.3, 0.4) is 0 Å². The summed E-state index contributed by atoms with van der Waals surface area (Å²) in [5, 5.41) is 18.7. The van der Waals surface area contributed by atoms with E-state index in [0.717, 1.165) is 4.88 Å². The highest BCUT2D eigenvalue weighted by molar-refractivity contribution is 7.13. The van der Waals surface area contributed by atoms with Gasteiger partial charge >= 0.3 is 5.97 Å². The average molecular weight is 281 g/mol. The van der Waals surface area contributed by atoms with E-state index in [4.69, 9.17) is 9.52 Å². The Bertz CT molecular complexity index is 536. The van der Waals surface area contributed by atoms with Crippen molar-refractivity contribution in [1.82, 2.24) is 15.1 Å². The van der Waals surface area contributed by atoms with Crippen molar-refractivity contribution in [2.75, 3.05) is 6.54 Å². The number of nitrogens with zero attached hydrogens (tertiary/aromatic N) is 3. The van der Waals surface area contributed by atoms with Crippen LogP contribution < -0.4 is 0 Å². The second-order valence-corrected chi connectivity index (χ2v) is 5.32. The summed E-state index contributed by atoms with van der Waals surface area (Å²) in [6, 6.07) is 3.90. The van der Waals surface area contributed by atoms with Crippen LogP contribution in [0.5, 0.6) is 0 Å². The zero-order chi connectivity index (χ0) is 13.8. The lowest BCUT2D eigenvalue weighted by atomic mass is 10.3. The summed E-state index contributed by atoms with van der Waals surface area (Å²) in [5.74, 6) is 0.0362. The van der Waals surface area contributed by atoms with Gasteiger partial charge in [0, 0.05) is 6.04 Å². The molecule has 0 amide bonds. The van der Waals surface area contributed by atoms with E-state index in [1.54, 1.807) is 4.90 Å². The number of carboxylic acid groups (broad SMARTS) is 1. The molecule has 0 radical (unpaired) electrons. The van der Waals surface area contributed by atoms with Gasteiger partial charge in [0.25, 0.3) is 5.89 Å². The smallest absolute Gasteiger partial charge is 0.317 e. The van der Waals surface area contributed by atoms with Crippen LogP contribution in [0, 0.1) is 0 Å². The Hall–Kier alpha value is -1.73. The molecule has 2 aromatic rings. The molecule has 0 spiro atoms. The highest BCUT2D eigenvalue weighted by atomic mass is 32.1. The van der Waals surface area contributed by atoms with Crippen molar-refractivity contribution in [2.45, 2.75) is 26.4 Å². The molecule has 0 atom stereocenters. The average Bonchev–Trinajstić information content (AvgIpc) is 2.97. The molecule has 1 N–H and O–H groups in total. The first-order chi connectivity index (χ1) is 9.06. The SMILES string of the molecule is CC(C)N(CC(=O)O)Cc1nnc(-c2cccs2)o1. The highest BCUT2D eigenvalue weighted by Crippen LogP contribution is 2.23. The minimum Gasteiger partial charge on any atom is -0.480 e. The van der Waals surface area contributed by atoms with E-state index in [-0.39, 0.29) is 12.6 Å². The lowest BCUT2D eigenvalue weighted by Gasteiger charge is -2.22. The standard InChI is InChI=1S/C12H15N3O3S/c1-8(2)15(7-11(16)17)6-10-13-14-12(18-10)9-4-3-5-19-9/h3-5,8H,6-7H2,1-2H3,(H,16,17). The van der Waals surface area contributed by atoms with E-state index in [1.807, 2.05) is 31.4 Å². The minimum atomic E-state index is -0.869. The molecular formula is C12H15N3O3S. The predicted molar refractivity (Wildman–Crippen MR) is 70.8 cm³/mol. The summed E-state index contributed by atoms with van der Waals surface area (Å²) in [4.78, 5) is 13.5. The largest absolute Gasteiger partial charge is 0.480 e. The van der Waals surface area contributed by atoms with Gasteiger partial charge < -0.3 is 9.52 Å². The highest BCUT2D eigenvalue weighted by Gasteiger charge is 2.17. The molecule has 2 heterocycles. The monoisotopic (exact) mass is 281 g/mol. The molecule has 19 heavy (non-hydrogen) atoms. The van der Waals surface area contributed by atoms with E-state index in [1.165, 1.54) is 11.3 Å². The number of hydrogen-bond donors (Lipinski definition) is 1. The Balaban J connectivity index is 2.08. The second kappa shape index (κ2) is 5.94. The van der Waals surface area contributed by atoms with Crippen molar-refractivity contribution in [3.8, 4) is 10.8 Å². The van der Waals surface area contributed by atoms with Crippen LogP contribution in [0.25, 0.3) is 10.8 Å². The van der Waals surface area contributed by atoms with Gasteiger partial charge in [-0.2, -0.15) is 0 Å². The lowest BCUT2D eigenvalue weighted by Crippen LogP contribution is -2.35. The number of thiophene rings is 1. The van der Waals surface area contributed by atoms with Crippen molar-refractivity contribution >= 4 is 17.3 Å². The van der Waals surface area contributed by atoms with Gasteiger partial charge in [-0.25, -0.2) is 0 Å². The third-order valence-corrected chi connectivity index (χ3v) is 3.46. The Kier molecular flexibility index (Phi) is 4.28. The van der Waals surface area contributed by atoms with E-state index in [9.17, 15) is 4.79 Å². The van der Waals surface area contributed by atoms with Crippen molar-refractivity contribution in [2.24, 2.45) is 0 Å². The van der Waals surface area contributed by atoms with Crippen molar-refractivity contribution in [3.63, 3.8) is 0 Å². The van der Waals surface area contributed by atoms with Crippen LogP contribution in [-0.4, -0.2) is 38.8 Å². The van der Waals surface area contributed by atoms with Crippen LogP contribution in [0.2, 0.25) is 0 Å². The first-order valence-corrected chi connectivity index (χ1v) is 6.76. The summed E-state index contributed by atoms with van der Waals surface area (Å²) in [7, 11) is 0. The van der Waals surface area contributed by atoms with Crippen LogP contribution in [0.4, 0.5) is 0 Å². The molecule has 0 aliphatic heterocycles. The fourth-order valence-corrected chi connectivity index (χ4v) is 2.23. The van der Waals surface area contributed by atoms with Crippen molar-refractivity contribution in [1.29, 1.82) is 0 Å². The first kappa shape index (κ1) is 13.7. The van der Waals surface area contributed by atoms with Crippen molar-refractivity contribution in [3.05, 3.63) is 23.4 Å². The molecular weight excluding hydrogens is 266 g/mol. The van der Waals surface area contributed by atoms with Gasteiger partial charge in [0.15, 0.2) is 0 Å². The summed E-state index contributed by atoms with van der Waals surface area (Å²) >= 11 is 1.52. The Morgan fingerprint density at radius 2 is 2.32 bits per heavy atom. The molecule has 2 aromatic heterocycles. The Labute approximate surface area is 114 Å². The lowest BCUT2D eigenvalue weighted by molar-refractivity contribution is -0.139. The quantitative estimate of drug-likeness (QED) is 0.873. The topological polar surface area (TPSA) is 79.5 Å². The number of aliphatic carboxylic acids is 1. The van der Waals surface area contributed by atoms with Gasteiger partial charge in [0.1, 0.15) is 0 Å². The van der Waals surface area contributed by atoms with Gasteiger partial charge in [-0.05, 0) is 25.3 Å². The molecule has 0 aliphatic rings. The van der Waals surface area contributed by atoms with Crippen LogP contribution in [0.15, 0.2) is 21.9 Å². The molecule has 7 heteroatoms. The zero-order valence-electron chi connectivity index (χ0n) is 10.7. The van der Waals surface area contributed by atoms with Gasteiger partial charge in [0.05, 0.1) is 18.0 Å². The number of carbonyl (C=O) groups is 1. The molecule has 0 fully saturated rings. The molecule has 0 unspecified atom stereocenters.